The molecule has 4 rings (SSSR count). The number of amides is 1. The van der Waals surface area contributed by atoms with Gasteiger partial charge in [0.15, 0.2) is 0 Å². The molecule has 2 fully saturated rings. The molecule has 0 bridgehead atoms. The first kappa shape index (κ1) is 16.3. The summed E-state index contributed by atoms with van der Waals surface area (Å²) >= 11 is 0. The average molecular weight is 340 g/mol. The monoisotopic (exact) mass is 340 g/mol. The molecule has 132 valence electrons. The van der Waals surface area contributed by atoms with Crippen LogP contribution in [0.4, 0.5) is 5.69 Å². The Morgan fingerprint density at radius 1 is 1.44 bits per heavy atom. The van der Waals surface area contributed by atoms with Crippen LogP contribution in [0, 0.1) is 5.92 Å². The van der Waals surface area contributed by atoms with Crippen LogP contribution in [-0.4, -0.2) is 42.5 Å². The molecule has 0 aromatic heterocycles. The molecule has 0 aliphatic carbocycles. The van der Waals surface area contributed by atoms with Crippen LogP contribution in [0.2, 0.25) is 0 Å². The summed E-state index contributed by atoms with van der Waals surface area (Å²) in [4.78, 5) is 30.5. The number of hydrogen-bond donors (Lipinski definition) is 0. The van der Waals surface area contributed by atoms with Crippen molar-refractivity contribution >= 4 is 17.6 Å². The van der Waals surface area contributed by atoms with E-state index in [4.69, 9.17) is 4.74 Å². The lowest BCUT2D eigenvalue weighted by Gasteiger charge is -2.36. The van der Waals surface area contributed by atoms with E-state index in [0.717, 1.165) is 30.6 Å². The Balaban J connectivity index is 1.90. The molecule has 5 heteroatoms. The Labute approximate surface area is 148 Å². The fourth-order valence-electron chi connectivity index (χ4n) is 5.08. The predicted molar refractivity (Wildman–Crippen MR) is 95.1 cm³/mol. The highest BCUT2D eigenvalue weighted by Gasteiger charge is 2.67. The van der Waals surface area contributed by atoms with Gasteiger partial charge in [-0.3, -0.25) is 14.5 Å². The van der Waals surface area contributed by atoms with Gasteiger partial charge in [-0.2, -0.15) is 0 Å². The number of nitrogens with zero attached hydrogens (tertiary/aromatic N) is 2. The highest BCUT2D eigenvalue weighted by atomic mass is 16.5. The molecule has 1 spiro atoms. The van der Waals surface area contributed by atoms with Gasteiger partial charge in [-0.25, -0.2) is 0 Å². The maximum atomic E-state index is 13.7. The number of carbonyl (C=O) groups is 2. The SMILES string of the molecule is C=CCN1C(=O)[C@]2(c3ccccc31)[C@@H](C(=O)OCC)C[C@@H]1CCCN12. The van der Waals surface area contributed by atoms with Gasteiger partial charge in [0.2, 0.25) is 0 Å². The first-order valence-corrected chi connectivity index (χ1v) is 9.12. The average Bonchev–Trinajstić information content (AvgIpc) is 3.25. The summed E-state index contributed by atoms with van der Waals surface area (Å²) in [5, 5.41) is 0. The molecule has 0 N–H and O–H groups in total. The van der Waals surface area contributed by atoms with Crippen LogP contribution < -0.4 is 4.90 Å². The summed E-state index contributed by atoms with van der Waals surface area (Å²) in [6, 6.07) is 8.14. The highest BCUT2D eigenvalue weighted by Crippen LogP contribution is 2.57. The fourth-order valence-corrected chi connectivity index (χ4v) is 5.08. The number of rotatable bonds is 4. The van der Waals surface area contributed by atoms with E-state index in [2.05, 4.69) is 11.5 Å². The Kier molecular flexibility index (Phi) is 3.91. The van der Waals surface area contributed by atoms with Crippen LogP contribution in [-0.2, 0) is 19.9 Å². The molecular weight excluding hydrogens is 316 g/mol. The predicted octanol–water partition coefficient (Wildman–Crippen LogP) is 2.46. The Morgan fingerprint density at radius 2 is 2.24 bits per heavy atom. The molecule has 2 saturated heterocycles. The molecule has 1 aromatic carbocycles. The number of esters is 1. The van der Waals surface area contributed by atoms with Crippen LogP contribution in [0.25, 0.3) is 0 Å². The molecule has 0 unspecified atom stereocenters. The third-order valence-electron chi connectivity index (χ3n) is 5.90. The molecule has 5 nitrogen and oxygen atoms in total. The Bertz CT molecular complexity index is 731. The summed E-state index contributed by atoms with van der Waals surface area (Å²) in [5.41, 5.74) is 0.936. The van der Waals surface area contributed by atoms with E-state index in [1.54, 1.807) is 11.0 Å². The van der Waals surface area contributed by atoms with Crippen molar-refractivity contribution in [3.63, 3.8) is 0 Å². The molecule has 0 saturated carbocycles. The van der Waals surface area contributed by atoms with Crippen LogP contribution >= 0.6 is 0 Å². The molecule has 3 atom stereocenters. The number of carbonyl (C=O) groups excluding carboxylic acids is 2. The maximum absolute atomic E-state index is 13.7. The smallest absolute Gasteiger partial charge is 0.311 e. The van der Waals surface area contributed by atoms with Crippen molar-refractivity contribution in [3.8, 4) is 0 Å². The van der Waals surface area contributed by atoms with Crippen molar-refractivity contribution in [1.29, 1.82) is 0 Å². The summed E-state index contributed by atoms with van der Waals surface area (Å²) in [6.45, 7) is 7.25. The van der Waals surface area contributed by atoms with Gasteiger partial charge in [0.05, 0.1) is 12.5 Å². The first-order chi connectivity index (χ1) is 12.2. The zero-order valence-electron chi connectivity index (χ0n) is 14.6. The third-order valence-corrected chi connectivity index (χ3v) is 5.90. The van der Waals surface area contributed by atoms with Gasteiger partial charge in [-0.05, 0) is 38.8 Å². The third kappa shape index (κ3) is 2.05. The van der Waals surface area contributed by atoms with Gasteiger partial charge in [-0.1, -0.05) is 24.3 Å². The molecule has 1 amide bonds. The van der Waals surface area contributed by atoms with E-state index in [9.17, 15) is 9.59 Å². The van der Waals surface area contributed by atoms with E-state index in [1.165, 1.54) is 0 Å². The lowest BCUT2D eigenvalue weighted by Crippen LogP contribution is -2.55. The van der Waals surface area contributed by atoms with Gasteiger partial charge < -0.3 is 9.64 Å². The normalized spacial score (nSPS) is 30.6. The van der Waals surface area contributed by atoms with Gasteiger partial charge in [0, 0.05) is 23.8 Å². The second-order valence-corrected chi connectivity index (χ2v) is 7.02. The minimum atomic E-state index is -0.910. The van der Waals surface area contributed by atoms with Crippen molar-refractivity contribution in [1.82, 2.24) is 4.90 Å². The van der Waals surface area contributed by atoms with E-state index in [-0.39, 0.29) is 17.9 Å². The zero-order chi connectivity index (χ0) is 17.6. The van der Waals surface area contributed by atoms with Crippen molar-refractivity contribution in [2.45, 2.75) is 37.8 Å². The van der Waals surface area contributed by atoms with E-state index in [1.807, 2.05) is 31.2 Å². The lowest BCUT2D eigenvalue weighted by molar-refractivity contribution is -0.155. The van der Waals surface area contributed by atoms with E-state index >= 15 is 0 Å². The minimum Gasteiger partial charge on any atom is -0.466 e. The van der Waals surface area contributed by atoms with Gasteiger partial charge >= 0.3 is 5.97 Å². The lowest BCUT2D eigenvalue weighted by atomic mass is 9.79. The second-order valence-electron chi connectivity index (χ2n) is 7.02. The molecule has 3 aliphatic heterocycles. The summed E-state index contributed by atoms with van der Waals surface area (Å²) in [5.74, 6) is -0.697. The molecule has 0 radical (unpaired) electrons. The number of hydrogen-bond acceptors (Lipinski definition) is 4. The molecule has 25 heavy (non-hydrogen) atoms. The first-order valence-electron chi connectivity index (χ1n) is 9.12. The topological polar surface area (TPSA) is 49.9 Å². The highest BCUT2D eigenvalue weighted by molar-refractivity contribution is 6.10. The molecular formula is C20H24N2O3. The van der Waals surface area contributed by atoms with Gasteiger partial charge in [-0.15, -0.1) is 6.58 Å². The number of para-hydroxylation sites is 1. The van der Waals surface area contributed by atoms with Gasteiger partial charge in [0.25, 0.3) is 5.91 Å². The van der Waals surface area contributed by atoms with Crippen molar-refractivity contribution in [2.24, 2.45) is 5.92 Å². The van der Waals surface area contributed by atoms with Crippen molar-refractivity contribution < 1.29 is 14.3 Å². The molecule has 3 aliphatic rings. The van der Waals surface area contributed by atoms with Crippen LogP contribution in [0.15, 0.2) is 36.9 Å². The Hall–Kier alpha value is -2.14. The van der Waals surface area contributed by atoms with Crippen LogP contribution in [0.5, 0.6) is 0 Å². The summed E-state index contributed by atoms with van der Waals surface area (Å²) < 4.78 is 5.38. The number of fused-ring (bicyclic) bond motifs is 4. The van der Waals surface area contributed by atoms with Crippen molar-refractivity contribution in [2.75, 3.05) is 24.6 Å². The number of ether oxygens (including phenoxy) is 1. The van der Waals surface area contributed by atoms with Crippen molar-refractivity contribution in [3.05, 3.63) is 42.5 Å². The molecule has 1 aromatic rings. The maximum Gasteiger partial charge on any atom is 0.311 e. The van der Waals surface area contributed by atoms with Crippen LogP contribution in [0.3, 0.4) is 0 Å². The fraction of sp³-hybridized carbons (Fsp3) is 0.500. The summed E-state index contributed by atoms with van der Waals surface area (Å²) in [6.07, 6.45) is 4.54. The second kappa shape index (κ2) is 5.99. The number of anilines is 1. The summed E-state index contributed by atoms with van der Waals surface area (Å²) in [7, 11) is 0. The van der Waals surface area contributed by atoms with E-state index < -0.39 is 11.5 Å². The van der Waals surface area contributed by atoms with Crippen LogP contribution in [0.1, 0.15) is 31.7 Å². The van der Waals surface area contributed by atoms with Gasteiger partial charge in [0.1, 0.15) is 5.54 Å². The zero-order valence-corrected chi connectivity index (χ0v) is 14.6. The number of benzene rings is 1. The minimum absolute atomic E-state index is 0.00365. The standard InChI is InChI=1S/C20H24N2O3/c1-3-11-21-17-10-6-5-9-15(17)20(19(21)24)16(18(23)25-4-2)13-14-8-7-12-22(14)20/h3,5-6,9-10,14,16H,1,4,7-8,11-13H2,2H3/t14-,16+,20-/m0/s1. The Morgan fingerprint density at radius 3 is 3.00 bits per heavy atom. The van der Waals surface area contributed by atoms with E-state index in [0.29, 0.717) is 19.6 Å². The quantitative estimate of drug-likeness (QED) is 0.624. The largest absolute Gasteiger partial charge is 0.466 e. The molecule has 3 heterocycles.